The maximum Gasteiger partial charge on any atom is 2.00 e. The van der Waals surface area contributed by atoms with Crippen LogP contribution in [-0.2, 0) is 20.2 Å². The van der Waals surface area contributed by atoms with E-state index >= 15 is 0 Å². The molecule has 8 nitrogen and oxygen atoms in total. The molecule has 74 valence electrons. The molecule has 2 atom stereocenters. The van der Waals surface area contributed by atoms with Crippen LogP contribution in [0.5, 0.6) is 0 Å². The van der Waals surface area contributed by atoms with Gasteiger partial charge in [0.15, 0.2) is 10.9 Å². The minimum Gasteiger partial charge on any atom is -0.746 e. The minimum atomic E-state index is -5.41. The van der Waals surface area contributed by atoms with E-state index in [0.717, 1.165) is 0 Å². The zero-order chi connectivity index (χ0) is 10.2. The number of aliphatic hydroxyl groups is 2. The third kappa shape index (κ3) is 5.44. The van der Waals surface area contributed by atoms with Gasteiger partial charge in [0.2, 0.25) is 0 Å². The smallest absolute Gasteiger partial charge is 0.746 e. The summed E-state index contributed by atoms with van der Waals surface area (Å²) in [6.45, 7) is 0. The number of aliphatic hydroxyl groups excluding tert-OH is 2. The molecule has 0 aliphatic carbocycles. The van der Waals surface area contributed by atoms with E-state index in [1.54, 1.807) is 0 Å². The van der Waals surface area contributed by atoms with Gasteiger partial charge >= 0.3 is 37.7 Å². The summed E-state index contributed by atoms with van der Waals surface area (Å²) in [5, 5.41) is 16.5. The summed E-state index contributed by atoms with van der Waals surface area (Å²) in [6, 6.07) is 0. The van der Waals surface area contributed by atoms with Crippen LogP contribution in [0.2, 0.25) is 0 Å². The minimum absolute atomic E-state index is 0. The van der Waals surface area contributed by atoms with Crippen molar-refractivity contribution < 1.29 is 36.2 Å². The van der Waals surface area contributed by atoms with E-state index in [1.807, 2.05) is 0 Å². The van der Waals surface area contributed by atoms with Crippen molar-refractivity contribution >= 4 is 58.0 Å². The molecule has 0 bridgehead atoms. The molecular formula is C2H4CaO8S2. The van der Waals surface area contributed by atoms with Crippen LogP contribution in [0.15, 0.2) is 0 Å². The SMILES string of the molecule is O=S(=O)([O-])C(O)C(O)S(=O)(=O)[O-].[Ca+2]. The second-order valence-electron chi connectivity index (χ2n) is 1.77. The van der Waals surface area contributed by atoms with E-state index in [1.165, 1.54) is 0 Å². The summed E-state index contributed by atoms with van der Waals surface area (Å²) >= 11 is 0. The van der Waals surface area contributed by atoms with Crippen LogP contribution in [-0.4, -0.2) is 84.8 Å². The fourth-order valence-electron chi connectivity index (χ4n) is 0.285. The van der Waals surface area contributed by atoms with Crippen molar-refractivity contribution in [3.05, 3.63) is 0 Å². The third-order valence-corrected chi connectivity index (χ3v) is 2.71. The van der Waals surface area contributed by atoms with E-state index in [-0.39, 0.29) is 37.7 Å². The maximum atomic E-state index is 9.85. The molecule has 2 unspecified atom stereocenters. The molecule has 0 saturated carbocycles. The molecule has 0 fully saturated rings. The Morgan fingerprint density at radius 3 is 1.08 bits per heavy atom. The normalized spacial score (nSPS) is 17.2. The first kappa shape index (κ1) is 16.4. The molecule has 0 aromatic rings. The average Bonchev–Trinajstić information content (AvgIpc) is 1.80. The second kappa shape index (κ2) is 5.19. The van der Waals surface area contributed by atoms with Crippen molar-refractivity contribution in [3.63, 3.8) is 0 Å². The molecule has 11 heteroatoms. The van der Waals surface area contributed by atoms with Gasteiger partial charge in [-0.25, -0.2) is 16.8 Å². The van der Waals surface area contributed by atoms with Gasteiger partial charge < -0.3 is 19.3 Å². The third-order valence-electron chi connectivity index (χ3n) is 0.835. The van der Waals surface area contributed by atoms with E-state index in [2.05, 4.69) is 0 Å². The quantitative estimate of drug-likeness (QED) is 0.388. The standard InChI is InChI=1S/C2H6O8S2.Ca/c3-1(11(5,6)7)2(4)12(8,9)10;/h1-4H,(H,5,6,7)(H,8,9,10);/q;+2/p-2. The predicted octanol–water partition coefficient (Wildman–Crippen LogP) is -3.67. The topological polar surface area (TPSA) is 155 Å². The summed E-state index contributed by atoms with van der Waals surface area (Å²) in [5.41, 5.74) is -6.31. The summed E-state index contributed by atoms with van der Waals surface area (Å²) in [6.07, 6.45) is 0. The van der Waals surface area contributed by atoms with Crippen molar-refractivity contribution in [1.82, 2.24) is 0 Å². The van der Waals surface area contributed by atoms with Gasteiger partial charge in [-0.05, 0) is 0 Å². The monoisotopic (exact) mass is 260 g/mol. The Kier molecular flexibility index (Phi) is 6.55. The number of hydrogen-bond donors (Lipinski definition) is 2. The Morgan fingerprint density at radius 1 is 0.846 bits per heavy atom. The fourth-order valence-corrected chi connectivity index (χ4v) is 1.67. The summed E-state index contributed by atoms with van der Waals surface area (Å²) in [4.78, 5) is 0. The molecule has 0 saturated heterocycles. The molecule has 13 heavy (non-hydrogen) atoms. The Hall–Kier alpha value is 1.000. The molecule has 2 N–H and O–H groups in total. The van der Waals surface area contributed by atoms with Gasteiger partial charge in [-0.3, -0.25) is 0 Å². The van der Waals surface area contributed by atoms with Crippen LogP contribution in [0.25, 0.3) is 0 Å². The Labute approximate surface area is 104 Å². The van der Waals surface area contributed by atoms with Crippen molar-refractivity contribution in [2.45, 2.75) is 10.9 Å². The van der Waals surface area contributed by atoms with Gasteiger partial charge in [-0.15, -0.1) is 0 Å². The first-order valence-corrected chi connectivity index (χ1v) is 5.26. The zero-order valence-corrected chi connectivity index (χ0v) is 9.86. The molecular weight excluding hydrogens is 256 g/mol. The molecule has 0 spiro atoms. The molecule has 0 radical (unpaired) electrons. The van der Waals surface area contributed by atoms with Gasteiger partial charge in [-0.1, -0.05) is 0 Å². The van der Waals surface area contributed by atoms with E-state index in [0.29, 0.717) is 0 Å². The van der Waals surface area contributed by atoms with Crippen molar-refractivity contribution in [2.24, 2.45) is 0 Å². The first-order valence-electron chi connectivity index (χ1n) is 2.32. The van der Waals surface area contributed by atoms with Crippen LogP contribution in [0.3, 0.4) is 0 Å². The average molecular weight is 260 g/mol. The van der Waals surface area contributed by atoms with Crippen LogP contribution in [0, 0.1) is 0 Å². The zero-order valence-electron chi connectivity index (χ0n) is 6.02. The van der Waals surface area contributed by atoms with Crippen molar-refractivity contribution in [1.29, 1.82) is 0 Å². The first-order chi connectivity index (χ1) is 5.07. The van der Waals surface area contributed by atoms with Gasteiger partial charge in [0.25, 0.3) is 0 Å². The Balaban J connectivity index is 0. The maximum absolute atomic E-state index is 9.85. The number of rotatable bonds is 3. The predicted molar refractivity (Wildman–Crippen MR) is 37.2 cm³/mol. The Morgan fingerprint density at radius 2 is 1.00 bits per heavy atom. The van der Waals surface area contributed by atoms with E-state index in [9.17, 15) is 25.9 Å². The molecule has 0 rings (SSSR count). The van der Waals surface area contributed by atoms with Crippen molar-refractivity contribution in [3.8, 4) is 0 Å². The van der Waals surface area contributed by atoms with E-state index in [4.69, 9.17) is 10.2 Å². The summed E-state index contributed by atoms with van der Waals surface area (Å²) in [7, 11) is -10.8. The van der Waals surface area contributed by atoms with Crippen molar-refractivity contribution in [2.75, 3.05) is 0 Å². The van der Waals surface area contributed by atoms with Gasteiger partial charge in [-0.2, -0.15) is 0 Å². The van der Waals surface area contributed by atoms with Crippen LogP contribution >= 0.6 is 0 Å². The van der Waals surface area contributed by atoms with Crippen LogP contribution in [0.4, 0.5) is 0 Å². The van der Waals surface area contributed by atoms with Gasteiger partial charge in [0.05, 0.1) is 0 Å². The second-order valence-corrected chi connectivity index (χ2v) is 4.70. The molecule has 0 aromatic carbocycles. The fraction of sp³-hybridized carbons (Fsp3) is 1.00. The van der Waals surface area contributed by atoms with Gasteiger partial charge in [0, 0.05) is 0 Å². The molecule has 0 heterocycles. The van der Waals surface area contributed by atoms with E-state index < -0.39 is 31.1 Å². The van der Waals surface area contributed by atoms with Crippen LogP contribution in [0.1, 0.15) is 0 Å². The summed E-state index contributed by atoms with van der Waals surface area (Å²) in [5.74, 6) is 0. The van der Waals surface area contributed by atoms with Gasteiger partial charge in [0.1, 0.15) is 20.2 Å². The molecule has 0 amide bonds. The molecule has 0 aliphatic heterocycles. The Bertz CT molecular complexity index is 304. The molecule has 0 aromatic heterocycles. The largest absolute Gasteiger partial charge is 2.00 e. The summed E-state index contributed by atoms with van der Waals surface area (Å²) < 4.78 is 59.1. The number of hydrogen-bond acceptors (Lipinski definition) is 8. The van der Waals surface area contributed by atoms with Crippen LogP contribution < -0.4 is 0 Å². The molecule has 0 aliphatic rings.